The topological polar surface area (TPSA) is 108 Å². The van der Waals surface area contributed by atoms with E-state index in [1.54, 1.807) is 5.51 Å². The molecule has 0 aliphatic carbocycles. The molecule has 2 rings (SSSR count). The van der Waals surface area contributed by atoms with Gasteiger partial charge in [0.05, 0.1) is 24.0 Å². The first-order valence-corrected chi connectivity index (χ1v) is 7.56. The van der Waals surface area contributed by atoms with Crippen LogP contribution in [0, 0.1) is 0 Å². The molecule has 0 atom stereocenters. The predicted molar refractivity (Wildman–Crippen MR) is 65.5 cm³/mol. The number of rotatable bonds is 6. The summed E-state index contributed by atoms with van der Waals surface area (Å²) in [7, 11) is -3.67. The van der Waals surface area contributed by atoms with Gasteiger partial charge in [0.1, 0.15) is 0 Å². The Labute approximate surface area is 108 Å². The molecule has 7 nitrogen and oxygen atoms in total. The first-order valence-electron chi connectivity index (χ1n) is 5.13. The summed E-state index contributed by atoms with van der Waals surface area (Å²) >= 11 is 1.46. The zero-order chi connectivity index (χ0) is 13.0. The molecule has 18 heavy (non-hydrogen) atoms. The Morgan fingerprint density at radius 3 is 3.00 bits per heavy atom. The third-order valence-electron chi connectivity index (χ3n) is 2.27. The van der Waals surface area contributed by atoms with Gasteiger partial charge in [-0.2, -0.15) is 5.10 Å². The zero-order valence-electron chi connectivity index (χ0n) is 9.33. The molecule has 2 aromatic rings. The van der Waals surface area contributed by atoms with Crippen molar-refractivity contribution in [2.75, 3.05) is 6.54 Å². The smallest absolute Gasteiger partial charge is 0.257 e. The molecule has 0 fully saturated rings. The van der Waals surface area contributed by atoms with Crippen LogP contribution < -0.4 is 4.72 Å². The molecule has 9 heteroatoms. The molecule has 0 saturated heterocycles. The number of aromatic amines is 1. The fourth-order valence-electron chi connectivity index (χ4n) is 1.39. The minimum atomic E-state index is -3.67. The average molecular weight is 288 g/mol. The molecule has 0 spiro atoms. The first kappa shape index (κ1) is 13.1. The van der Waals surface area contributed by atoms with Crippen LogP contribution in [0.25, 0.3) is 0 Å². The van der Waals surface area contributed by atoms with Crippen LogP contribution in [0.5, 0.6) is 0 Å². The second kappa shape index (κ2) is 5.57. The fourth-order valence-corrected chi connectivity index (χ4v) is 3.13. The predicted octanol–water partition coefficient (Wildman–Crippen LogP) is -0.121. The molecule has 0 aromatic carbocycles. The molecule has 3 N–H and O–H groups in total. The normalized spacial score (nSPS) is 11.8. The van der Waals surface area contributed by atoms with Crippen LogP contribution in [0.15, 0.2) is 22.1 Å². The van der Waals surface area contributed by atoms with E-state index in [4.69, 9.17) is 5.11 Å². The lowest BCUT2D eigenvalue weighted by molar-refractivity contribution is 0.278. The highest BCUT2D eigenvalue weighted by molar-refractivity contribution is 7.89. The maximum absolute atomic E-state index is 11.9. The SMILES string of the molecule is O=S(=O)(NCCc1cscn1)c1[nH]ncc1CO. The Bertz CT molecular complexity index is 591. The number of aliphatic hydroxyl groups is 1. The second-order valence-electron chi connectivity index (χ2n) is 3.51. The van der Waals surface area contributed by atoms with E-state index in [-0.39, 0.29) is 23.7 Å². The van der Waals surface area contributed by atoms with Crippen LogP contribution in [0.1, 0.15) is 11.3 Å². The van der Waals surface area contributed by atoms with Crippen molar-refractivity contribution in [3.63, 3.8) is 0 Å². The molecule has 98 valence electrons. The van der Waals surface area contributed by atoms with E-state index in [1.807, 2.05) is 5.38 Å². The summed E-state index contributed by atoms with van der Waals surface area (Å²) in [6.07, 6.45) is 1.81. The minimum Gasteiger partial charge on any atom is -0.392 e. The molecule has 0 radical (unpaired) electrons. The van der Waals surface area contributed by atoms with Crippen molar-refractivity contribution >= 4 is 21.4 Å². The molecule has 0 saturated carbocycles. The van der Waals surface area contributed by atoms with Gasteiger partial charge in [0.2, 0.25) is 0 Å². The largest absolute Gasteiger partial charge is 0.392 e. The number of hydrogen-bond donors (Lipinski definition) is 3. The second-order valence-corrected chi connectivity index (χ2v) is 5.93. The van der Waals surface area contributed by atoms with Crippen molar-refractivity contribution in [3.05, 3.63) is 28.3 Å². The fraction of sp³-hybridized carbons (Fsp3) is 0.333. The lowest BCUT2D eigenvalue weighted by Gasteiger charge is -2.05. The van der Waals surface area contributed by atoms with Crippen molar-refractivity contribution in [2.45, 2.75) is 18.1 Å². The third kappa shape index (κ3) is 2.93. The molecule has 0 amide bonds. The highest BCUT2D eigenvalue weighted by Gasteiger charge is 2.19. The lowest BCUT2D eigenvalue weighted by atomic mass is 10.3. The summed E-state index contributed by atoms with van der Waals surface area (Å²) in [5.41, 5.74) is 2.79. The average Bonchev–Trinajstić information content (AvgIpc) is 2.99. The molecule has 0 unspecified atom stereocenters. The maximum atomic E-state index is 11.9. The number of hydrogen-bond acceptors (Lipinski definition) is 6. The summed E-state index contributed by atoms with van der Waals surface area (Å²) in [5, 5.41) is 16.7. The van der Waals surface area contributed by atoms with E-state index >= 15 is 0 Å². The van der Waals surface area contributed by atoms with Gasteiger partial charge in [0, 0.05) is 23.9 Å². The maximum Gasteiger partial charge on any atom is 0.257 e. The van der Waals surface area contributed by atoms with E-state index in [2.05, 4.69) is 19.9 Å². The van der Waals surface area contributed by atoms with E-state index in [1.165, 1.54) is 17.5 Å². The summed E-state index contributed by atoms with van der Waals surface area (Å²) in [6, 6.07) is 0. The Hall–Kier alpha value is -1.29. The van der Waals surface area contributed by atoms with Crippen LogP contribution >= 0.6 is 11.3 Å². The van der Waals surface area contributed by atoms with E-state index in [0.717, 1.165) is 5.69 Å². The van der Waals surface area contributed by atoms with Gasteiger partial charge >= 0.3 is 0 Å². The van der Waals surface area contributed by atoms with Gasteiger partial charge < -0.3 is 5.11 Å². The van der Waals surface area contributed by atoms with Crippen LogP contribution in [-0.2, 0) is 23.1 Å². The number of sulfonamides is 1. The third-order valence-corrected chi connectivity index (χ3v) is 4.38. The number of nitrogens with zero attached hydrogens (tertiary/aromatic N) is 2. The van der Waals surface area contributed by atoms with Crippen LogP contribution in [0.3, 0.4) is 0 Å². The molecule has 0 bridgehead atoms. The Balaban J connectivity index is 1.99. The van der Waals surface area contributed by atoms with Crippen molar-refractivity contribution in [1.82, 2.24) is 19.9 Å². The zero-order valence-corrected chi connectivity index (χ0v) is 11.0. The Kier molecular flexibility index (Phi) is 4.07. The van der Waals surface area contributed by atoms with Gasteiger partial charge in [0.15, 0.2) is 5.03 Å². The summed E-state index contributed by atoms with van der Waals surface area (Å²) in [4.78, 5) is 4.06. The van der Waals surface area contributed by atoms with Crippen molar-refractivity contribution in [1.29, 1.82) is 0 Å². The number of aliphatic hydroxyl groups excluding tert-OH is 1. The van der Waals surface area contributed by atoms with Crippen molar-refractivity contribution in [3.8, 4) is 0 Å². The number of nitrogens with one attached hydrogen (secondary N) is 2. The van der Waals surface area contributed by atoms with E-state index in [0.29, 0.717) is 6.42 Å². The van der Waals surface area contributed by atoms with Crippen molar-refractivity contribution < 1.29 is 13.5 Å². The molecule has 0 aliphatic heterocycles. The van der Waals surface area contributed by atoms with Crippen LogP contribution in [0.2, 0.25) is 0 Å². The number of thiazole rings is 1. The molecular weight excluding hydrogens is 276 g/mol. The van der Waals surface area contributed by atoms with E-state index in [9.17, 15) is 8.42 Å². The molecule has 2 aromatic heterocycles. The van der Waals surface area contributed by atoms with Gasteiger partial charge in [-0.25, -0.2) is 18.1 Å². The van der Waals surface area contributed by atoms with E-state index < -0.39 is 10.0 Å². The Morgan fingerprint density at radius 2 is 2.33 bits per heavy atom. The van der Waals surface area contributed by atoms with Crippen LogP contribution in [0.4, 0.5) is 0 Å². The van der Waals surface area contributed by atoms with Gasteiger partial charge in [-0.05, 0) is 0 Å². The van der Waals surface area contributed by atoms with Crippen molar-refractivity contribution in [2.24, 2.45) is 0 Å². The summed E-state index contributed by atoms with van der Waals surface area (Å²) in [6.45, 7) is -0.130. The molecular formula is C9H12N4O3S2. The van der Waals surface area contributed by atoms with Gasteiger partial charge in [-0.15, -0.1) is 11.3 Å². The standard InChI is InChI=1S/C9H12N4O3S2/c14-4-7-3-11-13-9(7)18(15,16)12-2-1-8-5-17-6-10-8/h3,5-6,12,14H,1-2,4H2,(H,11,13). The Morgan fingerprint density at radius 1 is 1.50 bits per heavy atom. The summed E-state index contributed by atoms with van der Waals surface area (Å²) < 4.78 is 26.2. The number of H-pyrrole nitrogens is 1. The highest BCUT2D eigenvalue weighted by atomic mass is 32.2. The van der Waals surface area contributed by atoms with Gasteiger partial charge in [-0.3, -0.25) is 5.10 Å². The summed E-state index contributed by atoms with van der Waals surface area (Å²) in [5.74, 6) is 0. The highest BCUT2D eigenvalue weighted by Crippen LogP contribution is 2.11. The van der Waals surface area contributed by atoms with Gasteiger partial charge in [-0.1, -0.05) is 0 Å². The lowest BCUT2D eigenvalue weighted by Crippen LogP contribution is -2.27. The quantitative estimate of drug-likeness (QED) is 0.687. The minimum absolute atomic E-state index is 0.0942. The van der Waals surface area contributed by atoms with Gasteiger partial charge in [0.25, 0.3) is 10.0 Å². The molecule has 0 aliphatic rings. The first-order chi connectivity index (χ1) is 8.63. The number of aromatic nitrogens is 3. The molecule has 2 heterocycles. The monoisotopic (exact) mass is 288 g/mol. The van der Waals surface area contributed by atoms with Crippen LogP contribution in [-0.4, -0.2) is 35.3 Å².